The average molecular weight is 268 g/mol. The van der Waals surface area contributed by atoms with Crippen LogP contribution in [0.3, 0.4) is 0 Å². The van der Waals surface area contributed by atoms with Crippen molar-refractivity contribution < 1.29 is 19.4 Å². The highest BCUT2D eigenvalue weighted by molar-refractivity contribution is 5.94. The molecule has 1 heterocycles. The number of carboxylic acid groups (broad SMARTS) is 1. The number of hydrogen-bond donors (Lipinski definition) is 1. The number of hydrogen-bond acceptors (Lipinski definition) is 4. The Balaban J connectivity index is 0.00000162. The van der Waals surface area contributed by atoms with Crippen LogP contribution in [0.25, 0.3) is 10.9 Å². The summed E-state index contributed by atoms with van der Waals surface area (Å²) in [6.07, 6.45) is 0. The number of halogens is 1. The molecular weight excluding hydrogens is 258 g/mol. The van der Waals surface area contributed by atoms with E-state index >= 15 is 0 Å². The number of aromatic carboxylic acids is 1. The van der Waals surface area contributed by atoms with E-state index in [1.54, 1.807) is 24.3 Å². The minimum Gasteiger partial charge on any atom is -0.476 e. The number of ether oxygens (including phenoxy) is 1. The predicted molar refractivity (Wildman–Crippen MR) is 67.3 cm³/mol. The Morgan fingerprint density at radius 1 is 1.28 bits per heavy atom. The van der Waals surface area contributed by atoms with Crippen LogP contribution in [0.15, 0.2) is 30.3 Å². The lowest BCUT2D eigenvalue weighted by Crippen LogP contribution is -2.09. The molecule has 5 nitrogen and oxygen atoms in total. The predicted octanol–water partition coefficient (Wildman–Crippen LogP) is 2.28. The van der Waals surface area contributed by atoms with Crippen molar-refractivity contribution in [3.05, 3.63) is 36.0 Å². The highest BCUT2D eigenvalue weighted by Gasteiger charge is 2.16. The quantitative estimate of drug-likeness (QED) is 0.845. The molecule has 0 atom stereocenters. The van der Waals surface area contributed by atoms with Crippen LogP contribution in [0.4, 0.5) is 0 Å². The molecule has 6 heteroatoms. The van der Waals surface area contributed by atoms with Gasteiger partial charge < -0.3 is 9.84 Å². The van der Waals surface area contributed by atoms with Crippen molar-refractivity contribution in [3.8, 4) is 5.75 Å². The fourth-order valence-electron chi connectivity index (χ4n) is 1.48. The van der Waals surface area contributed by atoms with Gasteiger partial charge in [0, 0.05) is 12.3 Å². The number of para-hydroxylation sites is 1. The highest BCUT2D eigenvalue weighted by atomic mass is 35.5. The van der Waals surface area contributed by atoms with Gasteiger partial charge in [-0.1, -0.05) is 18.2 Å². The molecule has 1 aromatic heterocycles. The van der Waals surface area contributed by atoms with Gasteiger partial charge in [0.1, 0.15) is 0 Å². The molecule has 18 heavy (non-hydrogen) atoms. The third-order valence-corrected chi connectivity index (χ3v) is 2.15. The van der Waals surface area contributed by atoms with E-state index in [2.05, 4.69) is 4.98 Å². The van der Waals surface area contributed by atoms with Gasteiger partial charge in [0.2, 0.25) is 0 Å². The smallest absolute Gasteiger partial charge is 0.358 e. The topological polar surface area (TPSA) is 76.5 Å². The second-order valence-corrected chi connectivity index (χ2v) is 3.43. The molecule has 0 spiro atoms. The monoisotopic (exact) mass is 267 g/mol. The number of carboxylic acids is 1. The molecule has 0 aliphatic heterocycles. The first kappa shape index (κ1) is 13.9. The standard InChI is InChI=1S/C12H9NO4.ClH/c1-7(14)17-10-6-8-4-2-3-5-9(8)13-11(10)12(15)16;/h2-6H,1H3,(H,15,16);1H. The second-order valence-electron chi connectivity index (χ2n) is 3.43. The van der Waals surface area contributed by atoms with Gasteiger partial charge in [-0.2, -0.15) is 0 Å². The van der Waals surface area contributed by atoms with E-state index in [0.29, 0.717) is 10.9 Å². The molecule has 0 aliphatic rings. The van der Waals surface area contributed by atoms with Crippen LogP contribution in [0.5, 0.6) is 5.75 Å². The molecule has 0 aliphatic carbocycles. The van der Waals surface area contributed by atoms with Crippen molar-refractivity contribution in [3.63, 3.8) is 0 Å². The van der Waals surface area contributed by atoms with E-state index in [4.69, 9.17) is 9.84 Å². The van der Waals surface area contributed by atoms with E-state index in [-0.39, 0.29) is 23.9 Å². The second kappa shape index (κ2) is 5.46. The van der Waals surface area contributed by atoms with E-state index in [1.807, 2.05) is 0 Å². The van der Waals surface area contributed by atoms with Gasteiger partial charge in [0.25, 0.3) is 0 Å². The van der Waals surface area contributed by atoms with Crippen molar-refractivity contribution in [2.45, 2.75) is 6.92 Å². The Kier molecular flexibility index (Phi) is 4.23. The van der Waals surface area contributed by atoms with Crippen molar-refractivity contribution in [2.75, 3.05) is 0 Å². The summed E-state index contributed by atoms with van der Waals surface area (Å²) in [6.45, 7) is 1.21. The van der Waals surface area contributed by atoms with Crippen LogP contribution in [0.2, 0.25) is 0 Å². The first-order valence-electron chi connectivity index (χ1n) is 4.89. The summed E-state index contributed by atoms with van der Waals surface area (Å²) in [5.74, 6) is -1.85. The van der Waals surface area contributed by atoms with E-state index in [0.717, 1.165) is 0 Å². The number of esters is 1. The first-order chi connectivity index (χ1) is 8.08. The minimum atomic E-state index is -1.23. The zero-order chi connectivity index (χ0) is 12.4. The molecule has 0 unspecified atom stereocenters. The van der Waals surface area contributed by atoms with Crippen LogP contribution in [-0.4, -0.2) is 22.0 Å². The third kappa shape index (κ3) is 2.75. The summed E-state index contributed by atoms with van der Waals surface area (Å²) < 4.78 is 4.83. The van der Waals surface area contributed by atoms with Gasteiger partial charge in [-0.25, -0.2) is 9.78 Å². The van der Waals surface area contributed by atoms with Crippen molar-refractivity contribution in [1.29, 1.82) is 0 Å². The largest absolute Gasteiger partial charge is 0.476 e. The lowest BCUT2D eigenvalue weighted by molar-refractivity contribution is -0.131. The van der Waals surface area contributed by atoms with Crippen LogP contribution in [-0.2, 0) is 4.79 Å². The Hall–Kier alpha value is -2.14. The minimum absolute atomic E-state index is 0. The van der Waals surface area contributed by atoms with Crippen LogP contribution in [0.1, 0.15) is 17.4 Å². The number of carbonyl (C=O) groups excluding carboxylic acids is 1. The van der Waals surface area contributed by atoms with Gasteiger partial charge in [-0.05, 0) is 12.1 Å². The molecule has 0 radical (unpaired) electrons. The number of aromatic nitrogens is 1. The van der Waals surface area contributed by atoms with Crippen molar-refractivity contribution >= 4 is 35.2 Å². The summed E-state index contributed by atoms with van der Waals surface area (Å²) in [4.78, 5) is 25.8. The summed E-state index contributed by atoms with van der Waals surface area (Å²) in [5, 5.41) is 9.70. The van der Waals surface area contributed by atoms with Gasteiger partial charge in [0.15, 0.2) is 11.4 Å². The molecule has 94 valence electrons. The SMILES string of the molecule is CC(=O)Oc1cc2ccccc2nc1C(=O)O.Cl. The van der Waals surface area contributed by atoms with Crippen molar-refractivity contribution in [2.24, 2.45) is 0 Å². The zero-order valence-electron chi connectivity index (χ0n) is 9.41. The maximum absolute atomic E-state index is 11.0. The van der Waals surface area contributed by atoms with Crippen LogP contribution in [0, 0.1) is 0 Å². The van der Waals surface area contributed by atoms with Gasteiger partial charge in [-0.15, -0.1) is 12.4 Å². The van der Waals surface area contributed by atoms with Crippen molar-refractivity contribution in [1.82, 2.24) is 4.98 Å². The molecule has 2 aromatic rings. The number of carbonyl (C=O) groups is 2. The summed E-state index contributed by atoms with van der Waals surface area (Å²) in [6, 6.07) is 8.50. The highest BCUT2D eigenvalue weighted by Crippen LogP contribution is 2.23. The summed E-state index contributed by atoms with van der Waals surface area (Å²) >= 11 is 0. The molecular formula is C12H10ClNO4. The molecule has 0 fully saturated rings. The third-order valence-electron chi connectivity index (χ3n) is 2.15. The average Bonchev–Trinajstić information content (AvgIpc) is 2.27. The first-order valence-corrected chi connectivity index (χ1v) is 4.89. The van der Waals surface area contributed by atoms with Crippen LogP contribution < -0.4 is 4.74 Å². The Labute approximate surface area is 109 Å². The lowest BCUT2D eigenvalue weighted by Gasteiger charge is -2.06. The fraction of sp³-hybridized carbons (Fsp3) is 0.0833. The molecule has 0 saturated carbocycles. The zero-order valence-corrected chi connectivity index (χ0v) is 10.2. The number of benzene rings is 1. The van der Waals surface area contributed by atoms with E-state index in [9.17, 15) is 9.59 Å². The number of fused-ring (bicyclic) bond motifs is 1. The lowest BCUT2D eigenvalue weighted by atomic mass is 10.2. The Bertz CT molecular complexity index is 612. The molecule has 1 aromatic carbocycles. The van der Waals surface area contributed by atoms with E-state index < -0.39 is 11.9 Å². The van der Waals surface area contributed by atoms with E-state index in [1.165, 1.54) is 13.0 Å². The van der Waals surface area contributed by atoms with Crippen LogP contribution >= 0.6 is 12.4 Å². The number of rotatable bonds is 2. The summed E-state index contributed by atoms with van der Waals surface area (Å²) in [5.41, 5.74) is 0.278. The Morgan fingerprint density at radius 3 is 2.56 bits per heavy atom. The van der Waals surface area contributed by atoms with Gasteiger partial charge >= 0.3 is 11.9 Å². The van der Waals surface area contributed by atoms with Gasteiger partial charge in [0.05, 0.1) is 5.52 Å². The number of pyridine rings is 1. The molecule has 2 rings (SSSR count). The fourth-order valence-corrected chi connectivity index (χ4v) is 1.48. The van der Waals surface area contributed by atoms with Gasteiger partial charge in [-0.3, -0.25) is 4.79 Å². The summed E-state index contributed by atoms with van der Waals surface area (Å²) in [7, 11) is 0. The normalized spacial score (nSPS) is 9.61. The number of nitrogens with zero attached hydrogens (tertiary/aromatic N) is 1. The molecule has 0 bridgehead atoms. The molecule has 0 amide bonds. The maximum atomic E-state index is 11.0. The molecule has 1 N–H and O–H groups in total. The Morgan fingerprint density at radius 2 is 1.94 bits per heavy atom. The maximum Gasteiger partial charge on any atom is 0.358 e. The molecule has 0 saturated heterocycles.